The first-order valence-corrected chi connectivity index (χ1v) is 13.3. The molecule has 0 bridgehead atoms. The van der Waals surface area contributed by atoms with Crippen molar-refractivity contribution in [3.8, 4) is 33.3 Å². The van der Waals surface area contributed by atoms with Crippen molar-refractivity contribution in [1.29, 1.82) is 0 Å². The fraction of sp³-hybridized carbons (Fsp3) is 0.100. The van der Waals surface area contributed by atoms with E-state index in [-0.39, 0.29) is 23.3 Å². The number of halogens is 1. The van der Waals surface area contributed by atoms with Crippen LogP contribution in [0.4, 0.5) is 15.9 Å². The van der Waals surface area contributed by atoms with E-state index < -0.39 is 12.6 Å². The number of benzene rings is 2. The average Bonchev–Trinajstić information content (AvgIpc) is 3.34. The van der Waals surface area contributed by atoms with Crippen molar-refractivity contribution in [2.45, 2.75) is 20.5 Å². The Morgan fingerprint density at radius 3 is 2.59 bits per heavy atom. The minimum atomic E-state index is -0.796. The summed E-state index contributed by atoms with van der Waals surface area (Å²) in [6, 6.07) is 14.2. The van der Waals surface area contributed by atoms with E-state index in [0.717, 1.165) is 11.3 Å². The monoisotopic (exact) mass is 568 g/mol. The highest BCUT2D eigenvalue weighted by Crippen LogP contribution is 2.49. The van der Waals surface area contributed by atoms with Gasteiger partial charge in [-0.25, -0.2) is 19.3 Å². The highest BCUT2D eigenvalue weighted by atomic mass is 32.1. The van der Waals surface area contributed by atoms with Gasteiger partial charge in [0.1, 0.15) is 18.2 Å². The molecule has 0 saturated heterocycles. The van der Waals surface area contributed by atoms with Gasteiger partial charge >= 0.3 is 6.01 Å². The fourth-order valence-electron chi connectivity index (χ4n) is 4.37. The standard InChI is InChI=1S/C30H25FN6O3S/c1-3-4-23(38)37-19-7-10-21(18(13-19)14-31)26-24(25-27(41-26)22(29(33)39)15-35-28(25)32)17-5-8-20(9-6-17)40-30-34-12-11-16(2)36-30/h3-13,15H,14H2,1-2H3,(H2,32,35)(H2,33,39)(H,37,38). The van der Waals surface area contributed by atoms with Crippen LogP contribution in [0.3, 0.4) is 0 Å². The van der Waals surface area contributed by atoms with Gasteiger partial charge < -0.3 is 21.5 Å². The summed E-state index contributed by atoms with van der Waals surface area (Å²) in [6.45, 7) is 2.78. The third-order valence-corrected chi connectivity index (χ3v) is 7.47. The molecule has 0 aliphatic heterocycles. The van der Waals surface area contributed by atoms with E-state index in [2.05, 4.69) is 20.3 Å². The number of amides is 2. The van der Waals surface area contributed by atoms with Crippen LogP contribution in [0.25, 0.3) is 31.7 Å². The SMILES string of the molecule is CC=CC(=O)Nc1ccc(-c2sc3c(C(N)=O)cnc(N)c3c2-c2ccc(Oc3nccc(C)n3)cc2)c(CF)c1. The second-order valence-electron chi connectivity index (χ2n) is 9.03. The maximum atomic E-state index is 14.4. The van der Waals surface area contributed by atoms with Gasteiger partial charge in [0.2, 0.25) is 5.91 Å². The number of pyridine rings is 1. The third kappa shape index (κ3) is 5.61. The number of ether oxygens (including phenoxy) is 1. The molecule has 3 aromatic heterocycles. The number of anilines is 2. The van der Waals surface area contributed by atoms with Gasteiger partial charge in [-0.1, -0.05) is 24.3 Å². The van der Waals surface area contributed by atoms with Gasteiger partial charge in [-0.15, -0.1) is 11.3 Å². The van der Waals surface area contributed by atoms with Crippen LogP contribution in [0.15, 0.2) is 73.1 Å². The van der Waals surface area contributed by atoms with Crippen LogP contribution in [0.2, 0.25) is 0 Å². The summed E-state index contributed by atoms with van der Waals surface area (Å²) in [5.41, 5.74) is 15.8. The van der Waals surface area contributed by atoms with Crippen molar-refractivity contribution in [3.05, 3.63) is 89.9 Å². The lowest BCUT2D eigenvalue weighted by Gasteiger charge is -2.12. The number of fused-ring (bicyclic) bond motifs is 1. The Bertz CT molecular complexity index is 1820. The van der Waals surface area contributed by atoms with Crippen molar-refractivity contribution < 1.29 is 18.7 Å². The topological polar surface area (TPSA) is 146 Å². The number of nitrogens with one attached hydrogen (secondary N) is 1. The molecule has 11 heteroatoms. The predicted octanol–water partition coefficient (Wildman–Crippen LogP) is 6.19. The molecule has 5 aromatic rings. The molecule has 5 N–H and O–H groups in total. The number of primary amides is 1. The van der Waals surface area contributed by atoms with Crippen molar-refractivity contribution in [1.82, 2.24) is 15.0 Å². The lowest BCUT2D eigenvalue weighted by molar-refractivity contribution is -0.111. The number of aromatic nitrogens is 3. The number of rotatable bonds is 8. The number of alkyl halides is 1. The lowest BCUT2D eigenvalue weighted by Crippen LogP contribution is -2.11. The number of aryl methyl sites for hydroxylation is 1. The molecule has 41 heavy (non-hydrogen) atoms. The number of hydrogen-bond acceptors (Lipinski definition) is 8. The van der Waals surface area contributed by atoms with Crippen LogP contribution in [0, 0.1) is 6.92 Å². The number of carbonyl (C=O) groups excluding carboxylic acids is 2. The number of hydrogen-bond donors (Lipinski definition) is 3. The molecule has 0 aliphatic carbocycles. The van der Waals surface area contributed by atoms with E-state index in [4.69, 9.17) is 16.2 Å². The maximum absolute atomic E-state index is 14.4. The fourth-order valence-corrected chi connectivity index (χ4v) is 5.78. The van der Waals surface area contributed by atoms with Crippen LogP contribution in [0.5, 0.6) is 11.8 Å². The minimum absolute atomic E-state index is 0.202. The Hall–Kier alpha value is -5.16. The molecule has 0 unspecified atom stereocenters. The first kappa shape index (κ1) is 27.4. The first-order chi connectivity index (χ1) is 19.8. The van der Waals surface area contributed by atoms with Crippen LogP contribution < -0.4 is 21.5 Å². The van der Waals surface area contributed by atoms with Crippen molar-refractivity contribution in [3.63, 3.8) is 0 Å². The zero-order valence-corrected chi connectivity index (χ0v) is 23.0. The number of carbonyl (C=O) groups is 2. The zero-order chi connectivity index (χ0) is 29.1. The molecule has 0 fully saturated rings. The number of nitrogens with two attached hydrogens (primary N) is 2. The molecular weight excluding hydrogens is 543 g/mol. The van der Waals surface area contributed by atoms with E-state index >= 15 is 0 Å². The Balaban J connectivity index is 1.66. The molecule has 2 aromatic carbocycles. The van der Waals surface area contributed by atoms with Crippen LogP contribution >= 0.6 is 11.3 Å². The summed E-state index contributed by atoms with van der Waals surface area (Å²) in [4.78, 5) is 37.6. The van der Waals surface area contributed by atoms with Gasteiger partial charge in [-0.05, 0) is 66.9 Å². The Labute approximate surface area is 238 Å². The predicted molar refractivity (Wildman–Crippen MR) is 159 cm³/mol. The molecule has 0 saturated carbocycles. The number of nitrogen functional groups attached to an aromatic ring is 1. The Kier molecular flexibility index (Phi) is 7.70. The largest absolute Gasteiger partial charge is 0.424 e. The molecule has 5 rings (SSSR count). The molecule has 0 atom stereocenters. The van der Waals surface area contributed by atoms with Gasteiger partial charge in [0.05, 0.1) is 10.3 Å². The van der Waals surface area contributed by atoms with Crippen LogP contribution in [-0.4, -0.2) is 26.8 Å². The quantitative estimate of drug-likeness (QED) is 0.189. The summed E-state index contributed by atoms with van der Waals surface area (Å²) in [5.74, 6) is -0.268. The van der Waals surface area contributed by atoms with Gasteiger partial charge in [0, 0.05) is 39.6 Å². The summed E-state index contributed by atoms with van der Waals surface area (Å²) < 4.78 is 20.8. The van der Waals surface area contributed by atoms with Crippen molar-refractivity contribution >= 4 is 44.7 Å². The summed E-state index contributed by atoms with van der Waals surface area (Å²) in [6.07, 6.45) is 5.95. The molecule has 2 amide bonds. The van der Waals surface area contributed by atoms with E-state index in [1.807, 2.05) is 19.1 Å². The second-order valence-corrected chi connectivity index (χ2v) is 10.1. The van der Waals surface area contributed by atoms with Crippen LogP contribution in [0.1, 0.15) is 28.5 Å². The number of thiophene rings is 1. The molecule has 3 heterocycles. The molecule has 206 valence electrons. The van der Waals surface area contributed by atoms with Gasteiger partial charge in [0.15, 0.2) is 0 Å². The van der Waals surface area contributed by atoms with Gasteiger partial charge in [-0.3, -0.25) is 9.59 Å². The van der Waals surface area contributed by atoms with Crippen molar-refractivity contribution in [2.24, 2.45) is 5.73 Å². The van der Waals surface area contributed by atoms with E-state index in [0.29, 0.717) is 43.1 Å². The first-order valence-electron chi connectivity index (χ1n) is 12.5. The number of allylic oxidation sites excluding steroid dienone is 1. The van der Waals surface area contributed by atoms with E-state index in [9.17, 15) is 14.0 Å². The highest BCUT2D eigenvalue weighted by molar-refractivity contribution is 7.23. The minimum Gasteiger partial charge on any atom is -0.424 e. The summed E-state index contributed by atoms with van der Waals surface area (Å²) in [7, 11) is 0. The normalized spacial score (nSPS) is 11.2. The van der Waals surface area contributed by atoms with Gasteiger partial charge in [-0.2, -0.15) is 0 Å². The zero-order valence-electron chi connectivity index (χ0n) is 22.1. The lowest BCUT2D eigenvalue weighted by atomic mass is 9.96. The third-order valence-electron chi connectivity index (χ3n) is 6.21. The second kappa shape index (κ2) is 11.5. The Morgan fingerprint density at radius 1 is 1.12 bits per heavy atom. The average molecular weight is 569 g/mol. The van der Waals surface area contributed by atoms with E-state index in [1.54, 1.807) is 55.6 Å². The number of nitrogens with zero attached hydrogens (tertiary/aromatic N) is 3. The molecule has 0 aliphatic rings. The smallest absolute Gasteiger partial charge is 0.322 e. The molecule has 0 radical (unpaired) electrons. The van der Waals surface area contributed by atoms with Gasteiger partial charge in [0.25, 0.3) is 5.91 Å². The molecular formula is C30H25FN6O3S. The molecule has 0 spiro atoms. The maximum Gasteiger partial charge on any atom is 0.322 e. The molecule has 9 nitrogen and oxygen atoms in total. The van der Waals surface area contributed by atoms with E-state index in [1.165, 1.54) is 23.6 Å². The van der Waals surface area contributed by atoms with Crippen molar-refractivity contribution in [2.75, 3.05) is 11.1 Å². The van der Waals surface area contributed by atoms with Crippen LogP contribution in [-0.2, 0) is 11.5 Å². The summed E-state index contributed by atoms with van der Waals surface area (Å²) in [5, 5.41) is 3.26. The summed E-state index contributed by atoms with van der Waals surface area (Å²) >= 11 is 1.27. The Morgan fingerprint density at radius 2 is 1.90 bits per heavy atom. The highest BCUT2D eigenvalue weighted by Gasteiger charge is 2.24.